The zero-order valence-corrected chi connectivity index (χ0v) is 18.1. The van der Waals surface area contributed by atoms with Crippen LogP contribution in [0.1, 0.15) is 26.3 Å². The Bertz CT molecular complexity index is 716. The molecule has 0 unspecified atom stereocenters. The summed E-state index contributed by atoms with van der Waals surface area (Å²) in [6.07, 6.45) is 1.81. The van der Waals surface area contributed by atoms with Gasteiger partial charge in [0.2, 0.25) is 0 Å². The minimum Gasteiger partial charge on any atom is -0.495 e. The van der Waals surface area contributed by atoms with Crippen LogP contribution in [0.15, 0.2) is 52.6 Å². The lowest BCUT2D eigenvalue weighted by molar-refractivity contribution is 0.417. The third-order valence-electron chi connectivity index (χ3n) is 3.01. The first-order valence-electron chi connectivity index (χ1n) is 7.71. The van der Waals surface area contributed by atoms with Gasteiger partial charge in [-0.15, -0.1) is 35.7 Å². The molecule has 0 saturated carbocycles. The summed E-state index contributed by atoms with van der Waals surface area (Å²) in [4.78, 5) is 8.79. The van der Waals surface area contributed by atoms with Crippen LogP contribution in [-0.4, -0.2) is 22.8 Å². The molecule has 0 radical (unpaired) electrons. The monoisotopic (exact) mass is 472 g/mol. The molecule has 0 bridgehead atoms. The highest BCUT2D eigenvalue weighted by Gasteiger charge is 2.13. The Morgan fingerprint density at radius 2 is 2.00 bits per heavy atom. The van der Waals surface area contributed by atoms with Gasteiger partial charge in [-0.3, -0.25) is 0 Å². The molecule has 2 rings (SSSR count). The molecule has 1 heterocycles. The first-order chi connectivity index (χ1) is 11.4. The molecule has 1 aromatic carbocycles. The minimum absolute atomic E-state index is 0. The van der Waals surface area contributed by atoms with E-state index in [0.717, 1.165) is 22.0 Å². The van der Waals surface area contributed by atoms with Gasteiger partial charge < -0.3 is 15.8 Å². The smallest absolute Gasteiger partial charge is 0.193 e. The number of aliphatic imine (C=N–C) groups is 1. The van der Waals surface area contributed by atoms with Crippen molar-refractivity contribution in [3.05, 3.63) is 48.2 Å². The van der Waals surface area contributed by atoms with E-state index in [9.17, 15) is 0 Å². The Balaban J connectivity index is 0.00000312. The van der Waals surface area contributed by atoms with Crippen molar-refractivity contribution in [3.63, 3.8) is 0 Å². The maximum atomic E-state index is 5.98. The number of benzene rings is 1. The summed E-state index contributed by atoms with van der Waals surface area (Å²) in [6.45, 7) is 6.99. The number of halogens is 1. The van der Waals surface area contributed by atoms with Crippen molar-refractivity contribution in [2.45, 2.75) is 37.1 Å². The Labute approximate surface area is 170 Å². The lowest BCUT2D eigenvalue weighted by Gasteiger charge is -2.16. The fraction of sp³-hybridized carbons (Fsp3) is 0.333. The molecule has 3 N–H and O–H groups in total. The molecule has 25 heavy (non-hydrogen) atoms. The molecule has 5 nitrogen and oxygen atoms in total. The van der Waals surface area contributed by atoms with Gasteiger partial charge in [0, 0.05) is 10.9 Å². The number of nitrogens with two attached hydrogens (primary N) is 1. The summed E-state index contributed by atoms with van der Waals surface area (Å²) >= 11 is 1.73. The number of methoxy groups -OCH3 is 1. The first-order valence-corrected chi connectivity index (χ1v) is 8.53. The van der Waals surface area contributed by atoms with Crippen LogP contribution in [0.3, 0.4) is 0 Å². The summed E-state index contributed by atoms with van der Waals surface area (Å²) in [5.74, 6) is 1.07. The van der Waals surface area contributed by atoms with Crippen molar-refractivity contribution in [1.29, 1.82) is 0 Å². The number of para-hydroxylation sites is 2. The molecule has 0 saturated heterocycles. The highest BCUT2D eigenvalue weighted by molar-refractivity contribution is 14.0. The molecule has 7 heteroatoms. The molecule has 0 aliphatic heterocycles. The van der Waals surface area contributed by atoms with Crippen molar-refractivity contribution >= 4 is 47.4 Å². The van der Waals surface area contributed by atoms with Crippen LogP contribution in [0.2, 0.25) is 0 Å². The number of ether oxygens (including phenoxy) is 1. The molecule has 0 aliphatic carbocycles. The Morgan fingerprint density at radius 1 is 1.28 bits per heavy atom. The van der Waals surface area contributed by atoms with Crippen molar-refractivity contribution < 1.29 is 4.74 Å². The number of guanidine groups is 1. The maximum absolute atomic E-state index is 5.98. The highest BCUT2D eigenvalue weighted by atomic mass is 127. The second-order valence-electron chi connectivity index (χ2n) is 6.24. The second-order valence-corrected chi connectivity index (χ2v) is 8.09. The molecule has 0 amide bonds. The zero-order valence-electron chi connectivity index (χ0n) is 14.9. The SMILES string of the molecule is COc1ccccc1NC(N)=NCc1ccnc(SC(C)(C)C)c1.I. The van der Waals surface area contributed by atoms with Crippen molar-refractivity contribution in [3.8, 4) is 5.75 Å². The second kappa shape index (κ2) is 9.86. The summed E-state index contributed by atoms with van der Waals surface area (Å²) in [7, 11) is 1.62. The topological polar surface area (TPSA) is 72.5 Å². The van der Waals surface area contributed by atoms with Crippen LogP contribution in [-0.2, 0) is 6.54 Å². The van der Waals surface area contributed by atoms with E-state index in [1.807, 2.05) is 36.5 Å². The first kappa shape index (κ1) is 21.6. The normalized spacial score (nSPS) is 11.6. The van der Waals surface area contributed by atoms with Gasteiger partial charge in [-0.1, -0.05) is 32.9 Å². The number of nitrogens with zero attached hydrogens (tertiary/aromatic N) is 2. The van der Waals surface area contributed by atoms with Crippen LogP contribution in [0.5, 0.6) is 5.75 Å². The quantitative estimate of drug-likeness (QED) is 0.290. The van der Waals surface area contributed by atoms with Gasteiger partial charge in [-0.2, -0.15) is 0 Å². The van der Waals surface area contributed by atoms with Gasteiger partial charge >= 0.3 is 0 Å². The molecular weight excluding hydrogens is 447 g/mol. The molecule has 2 aromatic rings. The van der Waals surface area contributed by atoms with Crippen LogP contribution >= 0.6 is 35.7 Å². The predicted octanol–water partition coefficient (Wildman–Crippen LogP) is 4.53. The van der Waals surface area contributed by atoms with Gasteiger partial charge in [0.05, 0.1) is 24.4 Å². The number of hydrogen-bond acceptors (Lipinski definition) is 4. The molecule has 1 aromatic heterocycles. The van der Waals surface area contributed by atoms with E-state index < -0.39 is 0 Å². The lowest BCUT2D eigenvalue weighted by Crippen LogP contribution is -2.22. The van der Waals surface area contributed by atoms with E-state index >= 15 is 0 Å². The number of hydrogen-bond donors (Lipinski definition) is 2. The molecule has 0 spiro atoms. The Morgan fingerprint density at radius 3 is 2.68 bits per heavy atom. The van der Waals surface area contributed by atoms with E-state index in [2.05, 4.69) is 42.1 Å². The van der Waals surface area contributed by atoms with Crippen molar-refractivity contribution in [1.82, 2.24) is 4.98 Å². The van der Waals surface area contributed by atoms with Gasteiger partial charge in [0.1, 0.15) is 5.75 Å². The molecule has 0 fully saturated rings. The number of pyridine rings is 1. The van der Waals surface area contributed by atoms with Gasteiger partial charge in [-0.05, 0) is 29.8 Å². The minimum atomic E-state index is 0. The molecule has 0 atom stereocenters. The van der Waals surface area contributed by atoms with Gasteiger partial charge in [0.25, 0.3) is 0 Å². The molecule has 0 aliphatic rings. The summed E-state index contributed by atoms with van der Waals surface area (Å²) in [6, 6.07) is 11.6. The van der Waals surface area contributed by atoms with E-state index in [1.54, 1.807) is 18.9 Å². The summed E-state index contributed by atoms with van der Waals surface area (Å²) in [5.41, 5.74) is 7.84. The Hall–Kier alpha value is -1.48. The largest absolute Gasteiger partial charge is 0.495 e. The van der Waals surface area contributed by atoms with Crippen molar-refractivity contribution in [2.75, 3.05) is 12.4 Å². The van der Waals surface area contributed by atoms with Crippen LogP contribution < -0.4 is 15.8 Å². The van der Waals surface area contributed by atoms with Gasteiger partial charge in [-0.25, -0.2) is 9.98 Å². The Kier molecular flexibility index (Phi) is 8.51. The number of nitrogens with one attached hydrogen (secondary N) is 1. The molecule has 136 valence electrons. The fourth-order valence-electron chi connectivity index (χ4n) is 2.02. The summed E-state index contributed by atoms with van der Waals surface area (Å²) in [5, 5.41) is 4.06. The average Bonchev–Trinajstić information content (AvgIpc) is 2.52. The zero-order chi connectivity index (χ0) is 17.6. The van der Waals surface area contributed by atoms with E-state index in [0.29, 0.717) is 12.5 Å². The van der Waals surface area contributed by atoms with E-state index in [-0.39, 0.29) is 28.7 Å². The van der Waals surface area contributed by atoms with Gasteiger partial charge in [0.15, 0.2) is 5.96 Å². The third kappa shape index (κ3) is 7.52. The average molecular weight is 472 g/mol. The fourth-order valence-corrected chi connectivity index (χ4v) is 2.97. The standard InChI is InChI=1S/C18H24N4OS.HI/c1-18(2,3)24-16-11-13(9-10-20-16)12-21-17(19)22-14-7-5-6-8-15(14)23-4;/h5-11H,12H2,1-4H3,(H3,19,21,22);1H. The molecular formula is C18H25IN4OS. The third-order valence-corrected chi connectivity index (χ3v) is 4.06. The number of aromatic nitrogens is 1. The predicted molar refractivity (Wildman–Crippen MR) is 117 cm³/mol. The van der Waals surface area contributed by atoms with Crippen molar-refractivity contribution in [2.24, 2.45) is 10.7 Å². The number of thioether (sulfide) groups is 1. The maximum Gasteiger partial charge on any atom is 0.193 e. The summed E-state index contributed by atoms with van der Waals surface area (Å²) < 4.78 is 5.41. The number of anilines is 1. The van der Waals surface area contributed by atoms with Crippen LogP contribution in [0.25, 0.3) is 0 Å². The number of rotatable bonds is 5. The highest BCUT2D eigenvalue weighted by Crippen LogP contribution is 2.30. The van der Waals surface area contributed by atoms with Crippen LogP contribution in [0.4, 0.5) is 5.69 Å². The van der Waals surface area contributed by atoms with E-state index in [1.165, 1.54) is 0 Å². The lowest BCUT2D eigenvalue weighted by atomic mass is 10.3. The van der Waals surface area contributed by atoms with E-state index in [4.69, 9.17) is 10.5 Å². The van der Waals surface area contributed by atoms with Crippen LogP contribution in [0, 0.1) is 0 Å².